The third kappa shape index (κ3) is 62.0. The molecule has 0 rings (SSSR count). The van der Waals surface area contributed by atoms with Crippen molar-refractivity contribution in [3.63, 3.8) is 0 Å². The van der Waals surface area contributed by atoms with Crippen LogP contribution in [0.2, 0.25) is 0 Å². The van der Waals surface area contributed by atoms with Gasteiger partial charge in [0.25, 0.3) is 0 Å². The molecule has 528 valence electrons. The Morgan fingerprint density at radius 3 is 0.854 bits per heavy atom. The number of ether oxygens (including phenoxy) is 4. The molecule has 0 spiro atoms. The fourth-order valence-corrected chi connectivity index (χ4v) is 12.1. The average molecular weight is 1310 g/mol. The Balaban J connectivity index is 5.27. The van der Waals surface area contributed by atoms with Gasteiger partial charge in [0.05, 0.1) is 26.4 Å². The predicted octanol–water partition coefficient (Wildman–Crippen LogP) is 19.8. The molecule has 89 heavy (non-hydrogen) atoms. The van der Waals surface area contributed by atoms with Crippen LogP contribution >= 0.6 is 15.6 Å². The van der Waals surface area contributed by atoms with E-state index in [-0.39, 0.29) is 25.7 Å². The van der Waals surface area contributed by atoms with Crippen molar-refractivity contribution in [1.82, 2.24) is 0 Å². The van der Waals surface area contributed by atoms with Crippen molar-refractivity contribution in [2.24, 2.45) is 17.8 Å². The molecule has 0 fully saturated rings. The molecule has 0 aromatic heterocycles. The molecule has 0 aliphatic heterocycles. The zero-order valence-electron chi connectivity index (χ0n) is 57.9. The first-order chi connectivity index (χ1) is 42.8. The van der Waals surface area contributed by atoms with Crippen LogP contribution in [0.3, 0.4) is 0 Å². The van der Waals surface area contributed by atoms with E-state index in [0.717, 1.165) is 108 Å². The molecular formula is C70H136O17P2. The van der Waals surface area contributed by atoms with Crippen molar-refractivity contribution < 1.29 is 80.2 Å². The smallest absolute Gasteiger partial charge is 0.462 e. The fourth-order valence-electron chi connectivity index (χ4n) is 10.5. The molecule has 0 saturated heterocycles. The predicted molar refractivity (Wildman–Crippen MR) is 358 cm³/mol. The van der Waals surface area contributed by atoms with Gasteiger partial charge in [0, 0.05) is 25.7 Å². The van der Waals surface area contributed by atoms with E-state index in [1.165, 1.54) is 154 Å². The maximum Gasteiger partial charge on any atom is 0.472 e. The number of aliphatic hydroxyl groups is 1. The zero-order valence-corrected chi connectivity index (χ0v) is 59.7. The van der Waals surface area contributed by atoms with Crippen LogP contribution in [0.4, 0.5) is 0 Å². The van der Waals surface area contributed by atoms with Crippen LogP contribution in [0.5, 0.6) is 0 Å². The minimum absolute atomic E-state index is 0.104. The van der Waals surface area contributed by atoms with Crippen molar-refractivity contribution in [3.05, 3.63) is 0 Å². The summed E-state index contributed by atoms with van der Waals surface area (Å²) < 4.78 is 68.3. The molecule has 0 saturated carbocycles. The lowest BCUT2D eigenvalue weighted by Gasteiger charge is -2.21. The molecule has 0 radical (unpaired) electrons. The standard InChI is InChI=1S/C70H136O17P2/c1-8-11-12-13-14-15-16-17-18-19-20-21-31-39-46-53-69(74)86-65(57-80-67(72)51-44-37-30-24-22-28-35-42-49-62(6)9-2)59-84-88(76,77)82-55-64(71)56-83-89(78,79)85-60-66(58-81-68(73)52-45-38-33-26-27-34-41-48-61(4)5)87-70(75)54-47-40-32-25-23-29-36-43-50-63(7)10-3/h61-66,71H,8-60H2,1-7H3,(H,76,77)(H,78,79)/t62?,63?,64-,65-,66-/m1/s1. The number of carbonyl (C=O) groups is 4. The van der Waals surface area contributed by atoms with Gasteiger partial charge in [-0.25, -0.2) is 9.13 Å². The molecule has 0 aromatic carbocycles. The second-order valence-corrected chi connectivity index (χ2v) is 29.1. The van der Waals surface area contributed by atoms with Gasteiger partial charge in [-0.15, -0.1) is 0 Å². The van der Waals surface area contributed by atoms with Gasteiger partial charge in [-0.2, -0.15) is 0 Å². The Kier molecular flexibility index (Phi) is 59.6. The Hall–Kier alpha value is -1.94. The first-order valence-corrected chi connectivity index (χ1v) is 39.4. The zero-order chi connectivity index (χ0) is 65.9. The van der Waals surface area contributed by atoms with Gasteiger partial charge in [-0.1, -0.05) is 299 Å². The Morgan fingerprint density at radius 1 is 0.326 bits per heavy atom. The van der Waals surface area contributed by atoms with Gasteiger partial charge in [0.2, 0.25) is 0 Å². The van der Waals surface area contributed by atoms with Crippen LogP contribution in [0.1, 0.15) is 350 Å². The second kappa shape index (κ2) is 61.0. The number of aliphatic hydroxyl groups excluding tert-OH is 1. The second-order valence-electron chi connectivity index (χ2n) is 26.2. The monoisotopic (exact) mass is 1310 g/mol. The first kappa shape index (κ1) is 87.1. The first-order valence-electron chi connectivity index (χ1n) is 36.4. The molecule has 3 N–H and O–H groups in total. The summed E-state index contributed by atoms with van der Waals surface area (Å²) in [5.74, 6) is 0.124. The van der Waals surface area contributed by atoms with E-state index in [1.807, 2.05) is 0 Å². The van der Waals surface area contributed by atoms with Gasteiger partial charge in [-0.05, 0) is 43.4 Å². The maximum atomic E-state index is 13.0. The highest BCUT2D eigenvalue weighted by molar-refractivity contribution is 7.47. The van der Waals surface area contributed by atoms with Gasteiger partial charge < -0.3 is 33.8 Å². The number of rotatable bonds is 68. The Labute approximate surface area is 543 Å². The van der Waals surface area contributed by atoms with Crippen LogP contribution in [-0.2, 0) is 65.4 Å². The lowest BCUT2D eigenvalue weighted by molar-refractivity contribution is -0.161. The van der Waals surface area contributed by atoms with E-state index < -0.39 is 97.5 Å². The molecule has 17 nitrogen and oxygen atoms in total. The molecule has 0 aliphatic carbocycles. The Morgan fingerprint density at radius 2 is 0.573 bits per heavy atom. The summed E-state index contributed by atoms with van der Waals surface area (Å²) in [5.41, 5.74) is 0. The van der Waals surface area contributed by atoms with Crippen LogP contribution in [0.25, 0.3) is 0 Å². The van der Waals surface area contributed by atoms with Crippen molar-refractivity contribution in [2.75, 3.05) is 39.6 Å². The maximum absolute atomic E-state index is 13.0. The molecule has 4 unspecified atom stereocenters. The van der Waals surface area contributed by atoms with E-state index >= 15 is 0 Å². The highest BCUT2D eigenvalue weighted by atomic mass is 31.2. The third-order valence-electron chi connectivity index (χ3n) is 16.9. The largest absolute Gasteiger partial charge is 0.472 e. The minimum atomic E-state index is -4.95. The number of unbranched alkanes of at least 4 members (excludes halogenated alkanes) is 34. The summed E-state index contributed by atoms with van der Waals surface area (Å²) in [6.07, 6.45) is 44.4. The summed E-state index contributed by atoms with van der Waals surface area (Å²) >= 11 is 0. The lowest BCUT2D eigenvalue weighted by Crippen LogP contribution is -2.30. The van der Waals surface area contributed by atoms with Crippen LogP contribution < -0.4 is 0 Å². The average Bonchev–Trinajstić information content (AvgIpc) is 3.71. The third-order valence-corrected chi connectivity index (χ3v) is 18.8. The fraction of sp³-hybridized carbons (Fsp3) is 0.943. The molecule has 7 atom stereocenters. The topological polar surface area (TPSA) is 237 Å². The van der Waals surface area contributed by atoms with Crippen molar-refractivity contribution in [2.45, 2.75) is 369 Å². The number of carbonyl (C=O) groups excluding carboxylic acids is 4. The van der Waals surface area contributed by atoms with Crippen molar-refractivity contribution in [3.8, 4) is 0 Å². The van der Waals surface area contributed by atoms with E-state index in [2.05, 4.69) is 48.5 Å². The van der Waals surface area contributed by atoms with Gasteiger partial charge in [0.1, 0.15) is 19.3 Å². The summed E-state index contributed by atoms with van der Waals surface area (Å²) in [6.45, 7) is 11.8. The van der Waals surface area contributed by atoms with Crippen LogP contribution in [-0.4, -0.2) is 96.7 Å². The van der Waals surface area contributed by atoms with E-state index in [9.17, 15) is 43.2 Å². The Bertz CT molecular complexity index is 1750. The van der Waals surface area contributed by atoms with E-state index in [1.54, 1.807) is 0 Å². The van der Waals surface area contributed by atoms with E-state index in [4.69, 9.17) is 37.0 Å². The summed E-state index contributed by atoms with van der Waals surface area (Å²) in [4.78, 5) is 72.5. The molecule has 0 bridgehead atoms. The number of phosphoric ester groups is 2. The molecular weight excluding hydrogens is 1170 g/mol. The number of phosphoric acid groups is 2. The molecule has 19 heteroatoms. The normalized spacial score (nSPS) is 14.8. The number of hydrogen-bond donors (Lipinski definition) is 3. The van der Waals surface area contributed by atoms with Crippen LogP contribution in [0, 0.1) is 17.8 Å². The van der Waals surface area contributed by atoms with Gasteiger partial charge in [-0.3, -0.25) is 37.3 Å². The lowest BCUT2D eigenvalue weighted by atomic mass is 9.99. The molecule has 0 amide bonds. The summed E-state index contributed by atoms with van der Waals surface area (Å²) in [5, 5.41) is 10.6. The summed E-state index contributed by atoms with van der Waals surface area (Å²) in [7, 11) is -9.90. The summed E-state index contributed by atoms with van der Waals surface area (Å²) in [6, 6.07) is 0. The van der Waals surface area contributed by atoms with Crippen molar-refractivity contribution >= 4 is 39.5 Å². The number of esters is 4. The quantitative estimate of drug-likeness (QED) is 0.0222. The highest BCUT2D eigenvalue weighted by Crippen LogP contribution is 2.45. The van der Waals surface area contributed by atoms with Gasteiger partial charge in [0.15, 0.2) is 12.2 Å². The SMILES string of the molecule is CCCCCCCCCCCCCCCCCC(=O)O[C@H](COC(=O)CCCCCCCCCCC(C)CC)COP(=O)(O)OC[C@@H](O)COP(=O)(O)OC[C@@H](COC(=O)CCCCCCCCCC(C)C)OC(=O)CCCCCCCCCCC(C)CC. The molecule has 0 heterocycles. The van der Waals surface area contributed by atoms with Crippen molar-refractivity contribution in [1.29, 1.82) is 0 Å². The molecule has 0 aliphatic rings. The van der Waals surface area contributed by atoms with Crippen LogP contribution in [0.15, 0.2) is 0 Å². The molecule has 0 aromatic rings. The van der Waals surface area contributed by atoms with Gasteiger partial charge >= 0.3 is 39.5 Å². The van der Waals surface area contributed by atoms with E-state index in [0.29, 0.717) is 31.6 Å². The number of hydrogen-bond acceptors (Lipinski definition) is 15. The highest BCUT2D eigenvalue weighted by Gasteiger charge is 2.30. The minimum Gasteiger partial charge on any atom is -0.462 e.